The molecule has 2 rings (SSSR count). The Hall–Kier alpha value is -2.40. The van der Waals surface area contributed by atoms with E-state index < -0.39 is 0 Å². The van der Waals surface area contributed by atoms with Gasteiger partial charge < -0.3 is 19.6 Å². The maximum atomic E-state index is 6.02. The number of nitrogens with one attached hydrogen (secondary N) is 1. The molecule has 0 aliphatic heterocycles. The Morgan fingerprint density at radius 1 is 1.04 bits per heavy atom. The lowest BCUT2D eigenvalue weighted by atomic mass is 10.2. The Morgan fingerprint density at radius 3 is 2.50 bits per heavy atom. The van der Waals surface area contributed by atoms with Crippen LogP contribution in [0.4, 0.5) is 0 Å². The van der Waals surface area contributed by atoms with Crippen LogP contribution >= 0.6 is 11.6 Å². The molecule has 6 heteroatoms. The zero-order valence-electron chi connectivity index (χ0n) is 14.0. The molecule has 0 aliphatic carbocycles. The van der Waals surface area contributed by atoms with Gasteiger partial charge in [-0.05, 0) is 42.8 Å². The SMILES string of the molecule is CCOc1ccc(Cl)cc1/C=N/NCc1ccc(OC)c(OC)c1. The summed E-state index contributed by atoms with van der Waals surface area (Å²) >= 11 is 6.02. The van der Waals surface area contributed by atoms with Crippen LogP contribution in [-0.2, 0) is 6.54 Å². The quantitative estimate of drug-likeness (QED) is 0.581. The molecule has 0 aromatic heterocycles. The molecule has 0 amide bonds. The minimum atomic E-state index is 0.557. The molecule has 0 radical (unpaired) electrons. The highest BCUT2D eigenvalue weighted by atomic mass is 35.5. The fourth-order valence-electron chi connectivity index (χ4n) is 2.15. The van der Waals surface area contributed by atoms with Crippen LogP contribution in [0.1, 0.15) is 18.1 Å². The number of hydrogen-bond donors (Lipinski definition) is 1. The summed E-state index contributed by atoms with van der Waals surface area (Å²) in [6, 6.07) is 11.2. The lowest BCUT2D eigenvalue weighted by Crippen LogP contribution is -2.06. The lowest BCUT2D eigenvalue weighted by molar-refractivity contribution is 0.340. The van der Waals surface area contributed by atoms with E-state index in [2.05, 4.69) is 10.5 Å². The van der Waals surface area contributed by atoms with E-state index in [1.165, 1.54) is 0 Å². The van der Waals surface area contributed by atoms with Gasteiger partial charge in [0.05, 0.1) is 33.6 Å². The number of benzene rings is 2. The van der Waals surface area contributed by atoms with E-state index in [-0.39, 0.29) is 0 Å². The van der Waals surface area contributed by atoms with Crippen molar-refractivity contribution in [2.24, 2.45) is 5.10 Å². The molecule has 0 fully saturated rings. The van der Waals surface area contributed by atoms with E-state index in [9.17, 15) is 0 Å². The van der Waals surface area contributed by atoms with Crippen molar-refractivity contribution >= 4 is 17.8 Å². The third kappa shape index (κ3) is 4.80. The second-order valence-electron chi connectivity index (χ2n) is 4.90. The summed E-state index contributed by atoms with van der Waals surface area (Å²) < 4.78 is 16.1. The van der Waals surface area contributed by atoms with Crippen LogP contribution in [0.25, 0.3) is 0 Å². The van der Waals surface area contributed by atoms with Crippen molar-refractivity contribution in [3.8, 4) is 17.2 Å². The first-order chi connectivity index (χ1) is 11.7. The Kier molecular flexibility index (Phi) is 6.75. The van der Waals surface area contributed by atoms with Gasteiger partial charge in [-0.25, -0.2) is 0 Å². The molecule has 0 unspecified atom stereocenters. The predicted octanol–water partition coefficient (Wildman–Crippen LogP) is 3.88. The zero-order valence-corrected chi connectivity index (χ0v) is 14.8. The van der Waals surface area contributed by atoms with Crippen molar-refractivity contribution in [1.82, 2.24) is 5.43 Å². The molecule has 0 spiro atoms. The van der Waals surface area contributed by atoms with Crippen LogP contribution in [0.15, 0.2) is 41.5 Å². The summed E-state index contributed by atoms with van der Waals surface area (Å²) in [6.45, 7) is 3.08. The number of methoxy groups -OCH3 is 2. The van der Waals surface area contributed by atoms with E-state index in [1.807, 2.05) is 37.3 Å². The summed E-state index contributed by atoms with van der Waals surface area (Å²) in [5, 5.41) is 4.87. The van der Waals surface area contributed by atoms with Gasteiger partial charge in [0.25, 0.3) is 0 Å². The first-order valence-corrected chi connectivity index (χ1v) is 7.95. The zero-order chi connectivity index (χ0) is 17.4. The lowest BCUT2D eigenvalue weighted by Gasteiger charge is -2.09. The van der Waals surface area contributed by atoms with Crippen molar-refractivity contribution < 1.29 is 14.2 Å². The third-order valence-electron chi connectivity index (χ3n) is 3.30. The molecule has 0 atom stereocenters. The maximum Gasteiger partial charge on any atom is 0.161 e. The van der Waals surface area contributed by atoms with Crippen LogP contribution in [0, 0.1) is 0 Å². The van der Waals surface area contributed by atoms with Crippen LogP contribution in [0.3, 0.4) is 0 Å². The number of ether oxygens (including phenoxy) is 3. The van der Waals surface area contributed by atoms with Gasteiger partial charge in [-0.2, -0.15) is 5.10 Å². The fourth-order valence-corrected chi connectivity index (χ4v) is 2.33. The highest BCUT2D eigenvalue weighted by Gasteiger charge is 2.04. The number of rotatable bonds is 8. The number of nitrogens with zero attached hydrogens (tertiary/aromatic N) is 1. The Bertz CT molecular complexity index is 705. The minimum absolute atomic E-state index is 0.557. The van der Waals surface area contributed by atoms with Gasteiger partial charge in [-0.15, -0.1) is 0 Å². The number of hydrazone groups is 1. The normalized spacial score (nSPS) is 10.7. The van der Waals surface area contributed by atoms with E-state index in [0.29, 0.717) is 29.7 Å². The van der Waals surface area contributed by atoms with Gasteiger partial charge in [0.1, 0.15) is 5.75 Å². The summed E-state index contributed by atoms with van der Waals surface area (Å²) in [7, 11) is 3.22. The molecule has 1 N–H and O–H groups in total. The molecule has 0 aliphatic rings. The van der Waals surface area contributed by atoms with Gasteiger partial charge >= 0.3 is 0 Å². The molecular formula is C18H21ClN2O3. The Labute approximate surface area is 147 Å². The molecule has 24 heavy (non-hydrogen) atoms. The second-order valence-corrected chi connectivity index (χ2v) is 5.33. The number of hydrogen-bond acceptors (Lipinski definition) is 5. The van der Waals surface area contributed by atoms with E-state index >= 15 is 0 Å². The molecule has 0 saturated carbocycles. The van der Waals surface area contributed by atoms with E-state index in [0.717, 1.165) is 16.9 Å². The average molecular weight is 349 g/mol. The Morgan fingerprint density at radius 2 is 1.79 bits per heavy atom. The molecule has 5 nitrogen and oxygen atoms in total. The standard InChI is InChI=1S/C18H21ClN2O3/c1-4-24-16-8-6-15(19)10-14(16)12-21-20-11-13-5-7-17(22-2)18(9-13)23-3/h5-10,12,20H,4,11H2,1-3H3/b21-12+. The van der Waals surface area contributed by atoms with E-state index in [4.69, 9.17) is 25.8 Å². The van der Waals surface area contributed by atoms with Gasteiger partial charge in [-0.1, -0.05) is 17.7 Å². The van der Waals surface area contributed by atoms with Crippen LogP contribution < -0.4 is 19.6 Å². The summed E-state index contributed by atoms with van der Waals surface area (Å²) in [4.78, 5) is 0. The molecule has 128 valence electrons. The van der Waals surface area contributed by atoms with Crippen LogP contribution in [0.5, 0.6) is 17.2 Å². The third-order valence-corrected chi connectivity index (χ3v) is 3.53. The van der Waals surface area contributed by atoms with Gasteiger partial charge in [0, 0.05) is 10.6 Å². The van der Waals surface area contributed by atoms with E-state index in [1.54, 1.807) is 26.5 Å². The van der Waals surface area contributed by atoms with Crippen LogP contribution in [-0.4, -0.2) is 27.0 Å². The molecule has 0 saturated heterocycles. The van der Waals surface area contributed by atoms with Gasteiger partial charge in [0.2, 0.25) is 0 Å². The monoisotopic (exact) mass is 348 g/mol. The first-order valence-electron chi connectivity index (χ1n) is 7.57. The summed E-state index contributed by atoms with van der Waals surface area (Å²) in [5.74, 6) is 2.14. The predicted molar refractivity (Wildman–Crippen MR) is 96.6 cm³/mol. The molecule has 2 aromatic rings. The number of halogens is 1. The summed E-state index contributed by atoms with van der Waals surface area (Å²) in [5.41, 5.74) is 4.85. The smallest absolute Gasteiger partial charge is 0.161 e. The molecule has 0 bridgehead atoms. The largest absolute Gasteiger partial charge is 0.493 e. The van der Waals surface area contributed by atoms with Crippen molar-refractivity contribution in [2.75, 3.05) is 20.8 Å². The van der Waals surface area contributed by atoms with Crippen molar-refractivity contribution in [3.63, 3.8) is 0 Å². The average Bonchev–Trinajstić information content (AvgIpc) is 2.60. The highest BCUT2D eigenvalue weighted by molar-refractivity contribution is 6.30. The molecule has 0 heterocycles. The van der Waals surface area contributed by atoms with Gasteiger partial charge in [-0.3, -0.25) is 0 Å². The first kappa shape index (κ1) is 17.9. The topological polar surface area (TPSA) is 52.1 Å². The molecule has 2 aromatic carbocycles. The molecular weight excluding hydrogens is 328 g/mol. The summed E-state index contributed by atoms with van der Waals surface area (Å²) in [6.07, 6.45) is 1.69. The Balaban J connectivity index is 2.01. The van der Waals surface area contributed by atoms with Crippen LogP contribution in [0.2, 0.25) is 5.02 Å². The van der Waals surface area contributed by atoms with Gasteiger partial charge in [0.15, 0.2) is 11.5 Å². The minimum Gasteiger partial charge on any atom is -0.493 e. The van der Waals surface area contributed by atoms with Crippen molar-refractivity contribution in [3.05, 3.63) is 52.5 Å². The second kappa shape index (κ2) is 9.03. The van der Waals surface area contributed by atoms with Crippen molar-refractivity contribution in [2.45, 2.75) is 13.5 Å². The van der Waals surface area contributed by atoms with Crippen molar-refractivity contribution in [1.29, 1.82) is 0 Å². The highest BCUT2D eigenvalue weighted by Crippen LogP contribution is 2.27. The maximum absolute atomic E-state index is 6.02. The fraction of sp³-hybridized carbons (Fsp3) is 0.278.